The van der Waals surface area contributed by atoms with Gasteiger partial charge in [0.25, 0.3) is 11.8 Å². The summed E-state index contributed by atoms with van der Waals surface area (Å²) < 4.78 is 0. The van der Waals surface area contributed by atoms with Gasteiger partial charge in [-0.05, 0) is 25.1 Å². The highest BCUT2D eigenvalue weighted by molar-refractivity contribution is 6.21. The third-order valence-electron chi connectivity index (χ3n) is 4.50. The molecule has 8 heteroatoms. The molecule has 1 aromatic heterocycles. The van der Waals surface area contributed by atoms with Gasteiger partial charge in [-0.2, -0.15) is 5.10 Å². The fourth-order valence-electron chi connectivity index (χ4n) is 3.20. The number of imide groups is 1. The van der Waals surface area contributed by atoms with Crippen LogP contribution in [0.4, 0.5) is 5.82 Å². The molecule has 0 atom stereocenters. The van der Waals surface area contributed by atoms with E-state index in [9.17, 15) is 14.4 Å². The van der Waals surface area contributed by atoms with E-state index in [1.807, 2.05) is 0 Å². The molecule has 0 saturated heterocycles. The van der Waals surface area contributed by atoms with Gasteiger partial charge in [-0.25, -0.2) is 0 Å². The fraction of sp³-hybridized carbons (Fsp3) is 0.294. The molecule has 2 aliphatic rings. The van der Waals surface area contributed by atoms with Crippen molar-refractivity contribution in [1.82, 2.24) is 20.4 Å². The Morgan fingerprint density at radius 2 is 1.92 bits per heavy atom. The van der Waals surface area contributed by atoms with Crippen molar-refractivity contribution in [1.29, 1.82) is 0 Å². The van der Waals surface area contributed by atoms with Crippen LogP contribution in [0.3, 0.4) is 0 Å². The van der Waals surface area contributed by atoms with E-state index in [4.69, 9.17) is 0 Å². The van der Waals surface area contributed by atoms with Crippen molar-refractivity contribution in [3.8, 4) is 0 Å². The van der Waals surface area contributed by atoms with Crippen LogP contribution in [0, 0.1) is 0 Å². The van der Waals surface area contributed by atoms with Gasteiger partial charge in [0.15, 0.2) is 5.82 Å². The predicted molar refractivity (Wildman–Crippen MR) is 89.1 cm³/mol. The summed E-state index contributed by atoms with van der Waals surface area (Å²) in [6.07, 6.45) is 0.825. The highest BCUT2D eigenvalue weighted by Gasteiger charge is 2.35. The summed E-state index contributed by atoms with van der Waals surface area (Å²) in [4.78, 5) is 37.9. The maximum atomic E-state index is 12.3. The molecule has 128 valence electrons. The van der Waals surface area contributed by atoms with E-state index in [1.54, 1.807) is 24.3 Å². The van der Waals surface area contributed by atoms with Crippen LogP contribution in [0.25, 0.3) is 0 Å². The second-order valence-corrected chi connectivity index (χ2v) is 6.06. The zero-order chi connectivity index (χ0) is 17.4. The number of carbonyl (C=O) groups excluding carboxylic acids is 3. The topological polar surface area (TPSA) is 107 Å². The Labute approximate surface area is 143 Å². The molecule has 3 heterocycles. The van der Waals surface area contributed by atoms with Crippen LogP contribution < -0.4 is 10.6 Å². The number of nitrogens with zero attached hydrogens (tertiary/aromatic N) is 2. The van der Waals surface area contributed by atoms with Gasteiger partial charge in [-0.15, -0.1) is 0 Å². The molecule has 25 heavy (non-hydrogen) atoms. The van der Waals surface area contributed by atoms with E-state index in [2.05, 4.69) is 20.8 Å². The molecule has 0 radical (unpaired) electrons. The van der Waals surface area contributed by atoms with Crippen LogP contribution >= 0.6 is 0 Å². The number of aromatic amines is 1. The average molecular weight is 339 g/mol. The molecule has 3 amide bonds. The van der Waals surface area contributed by atoms with E-state index in [0.29, 0.717) is 23.5 Å². The number of nitrogens with one attached hydrogen (secondary N) is 3. The fourth-order valence-corrected chi connectivity index (χ4v) is 3.20. The second kappa shape index (κ2) is 6.14. The molecule has 3 N–H and O–H groups in total. The molecule has 2 aliphatic heterocycles. The number of fused-ring (bicyclic) bond motifs is 2. The van der Waals surface area contributed by atoms with Gasteiger partial charge in [-0.1, -0.05) is 12.1 Å². The zero-order valence-electron chi connectivity index (χ0n) is 13.5. The number of amides is 3. The lowest BCUT2D eigenvalue weighted by molar-refractivity contribution is -0.116. The quantitative estimate of drug-likeness (QED) is 0.710. The number of H-pyrrole nitrogens is 1. The number of anilines is 1. The SMILES string of the molecule is O=C(CCN1C(=O)c2ccccc2C1=O)Nc1n[nH]c2c1CCNC2. The lowest BCUT2D eigenvalue weighted by Crippen LogP contribution is -2.33. The number of rotatable bonds is 4. The van der Waals surface area contributed by atoms with Crippen LogP contribution in [0.2, 0.25) is 0 Å². The monoisotopic (exact) mass is 339 g/mol. The van der Waals surface area contributed by atoms with Crippen LogP contribution in [-0.4, -0.2) is 45.9 Å². The molecule has 0 spiro atoms. The van der Waals surface area contributed by atoms with E-state index in [0.717, 1.165) is 29.1 Å². The molecule has 0 saturated carbocycles. The Bertz CT molecular complexity index is 838. The van der Waals surface area contributed by atoms with Gasteiger partial charge in [-0.3, -0.25) is 24.4 Å². The minimum Gasteiger partial charge on any atom is -0.311 e. The summed E-state index contributed by atoms with van der Waals surface area (Å²) in [5, 5.41) is 13.0. The molecule has 4 rings (SSSR count). The van der Waals surface area contributed by atoms with Gasteiger partial charge in [0.2, 0.25) is 5.91 Å². The maximum absolute atomic E-state index is 12.3. The summed E-state index contributed by atoms with van der Waals surface area (Å²) in [7, 11) is 0. The van der Waals surface area contributed by atoms with Gasteiger partial charge < -0.3 is 10.6 Å². The molecule has 0 unspecified atom stereocenters. The van der Waals surface area contributed by atoms with Crippen LogP contribution in [-0.2, 0) is 17.8 Å². The molecule has 0 aliphatic carbocycles. The maximum Gasteiger partial charge on any atom is 0.261 e. The van der Waals surface area contributed by atoms with Crippen molar-refractivity contribution in [3.05, 3.63) is 46.6 Å². The lowest BCUT2D eigenvalue weighted by Gasteiger charge is -2.14. The van der Waals surface area contributed by atoms with Crippen molar-refractivity contribution in [2.75, 3.05) is 18.4 Å². The highest BCUT2D eigenvalue weighted by atomic mass is 16.2. The minimum atomic E-state index is -0.350. The third kappa shape index (κ3) is 2.70. The number of hydrogen-bond donors (Lipinski definition) is 3. The second-order valence-electron chi connectivity index (χ2n) is 6.06. The van der Waals surface area contributed by atoms with Crippen molar-refractivity contribution in [2.45, 2.75) is 19.4 Å². The van der Waals surface area contributed by atoms with E-state index in [-0.39, 0.29) is 30.7 Å². The standard InChI is InChI=1S/C17H17N5O3/c23-14(19-15-12-5-7-18-9-13(12)20-21-15)6-8-22-16(24)10-3-1-2-4-11(10)17(22)25/h1-4,18H,5-9H2,(H2,19,20,21,23). The first-order valence-corrected chi connectivity index (χ1v) is 8.17. The van der Waals surface area contributed by atoms with Crippen LogP contribution in [0.5, 0.6) is 0 Å². The highest BCUT2D eigenvalue weighted by Crippen LogP contribution is 2.23. The Kier molecular flexibility index (Phi) is 3.81. The third-order valence-corrected chi connectivity index (χ3v) is 4.50. The average Bonchev–Trinajstić information content (AvgIpc) is 3.14. The summed E-state index contributed by atoms with van der Waals surface area (Å²) in [5.74, 6) is -0.443. The summed E-state index contributed by atoms with van der Waals surface area (Å²) in [6.45, 7) is 1.59. The number of carbonyl (C=O) groups is 3. The van der Waals surface area contributed by atoms with Crippen LogP contribution in [0.1, 0.15) is 38.4 Å². The Hall–Kier alpha value is -3.00. The van der Waals surface area contributed by atoms with E-state index in [1.165, 1.54) is 0 Å². The van der Waals surface area contributed by atoms with E-state index >= 15 is 0 Å². The molecule has 0 fully saturated rings. The van der Waals surface area contributed by atoms with Crippen molar-refractivity contribution < 1.29 is 14.4 Å². The molecular weight excluding hydrogens is 322 g/mol. The molecule has 8 nitrogen and oxygen atoms in total. The van der Waals surface area contributed by atoms with E-state index < -0.39 is 0 Å². The molecular formula is C17H17N5O3. The largest absolute Gasteiger partial charge is 0.311 e. The first-order valence-electron chi connectivity index (χ1n) is 8.17. The van der Waals surface area contributed by atoms with Gasteiger partial charge in [0.1, 0.15) is 0 Å². The predicted octanol–water partition coefficient (Wildman–Crippen LogP) is 0.680. The minimum absolute atomic E-state index is 0.0331. The van der Waals surface area contributed by atoms with Gasteiger partial charge in [0, 0.05) is 25.1 Å². The Morgan fingerprint density at radius 1 is 1.20 bits per heavy atom. The first-order chi connectivity index (χ1) is 12.1. The molecule has 1 aromatic carbocycles. The van der Waals surface area contributed by atoms with Crippen molar-refractivity contribution in [2.24, 2.45) is 0 Å². The summed E-state index contributed by atoms with van der Waals surface area (Å²) in [5.41, 5.74) is 2.76. The molecule has 2 aromatic rings. The van der Waals surface area contributed by atoms with Crippen molar-refractivity contribution in [3.63, 3.8) is 0 Å². The Morgan fingerprint density at radius 3 is 2.64 bits per heavy atom. The van der Waals surface area contributed by atoms with Gasteiger partial charge >= 0.3 is 0 Å². The van der Waals surface area contributed by atoms with Gasteiger partial charge in [0.05, 0.1) is 16.8 Å². The Balaban J connectivity index is 1.39. The number of benzene rings is 1. The first kappa shape index (κ1) is 15.5. The van der Waals surface area contributed by atoms with Crippen LogP contribution in [0.15, 0.2) is 24.3 Å². The smallest absolute Gasteiger partial charge is 0.261 e. The normalized spacial score (nSPS) is 15.9. The number of hydrogen-bond acceptors (Lipinski definition) is 5. The van der Waals surface area contributed by atoms with Crippen molar-refractivity contribution >= 4 is 23.5 Å². The molecule has 0 bridgehead atoms. The zero-order valence-corrected chi connectivity index (χ0v) is 13.5. The summed E-state index contributed by atoms with van der Waals surface area (Å²) in [6, 6.07) is 6.69. The lowest BCUT2D eigenvalue weighted by atomic mass is 10.1. The number of aromatic nitrogens is 2. The summed E-state index contributed by atoms with van der Waals surface area (Å²) >= 11 is 0.